The van der Waals surface area contributed by atoms with Crippen molar-refractivity contribution in [3.05, 3.63) is 11.8 Å². The zero-order valence-corrected chi connectivity index (χ0v) is 17.4. The van der Waals surface area contributed by atoms with Gasteiger partial charge in [-0.25, -0.2) is 0 Å². The fourth-order valence-corrected chi connectivity index (χ4v) is 3.93. The molecule has 0 aromatic carbocycles. The molecule has 0 fully saturated rings. The van der Waals surface area contributed by atoms with Crippen LogP contribution in [0.2, 0.25) is 6.04 Å². The van der Waals surface area contributed by atoms with Crippen LogP contribution in [0.5, 0.6) is 0 Å². The van der Waals surface area contributed by atoms with Gasteiger partial charge >= 0.3 is 0 Å². The van der Waals surface area contributed by atoms with Gasteiger partial charge < -0.3 is 9.80 Å². The molecule has 0 atom stereocenters. The molecule has 0 bridgehead atoms. The number of allylic oxidation sites excluding steroid dienone is 1. The first-order valence-corrected chi connectivity index (χ1v) is 10.9. The topological polar surface area (TPSA) is 6.48 Å². The highest BCUT2D eigenvalue weighted by Crippen LogP contribution is 2.08. The third-order valence-electron chi connectivity index (χ3n) is 2.75. The maximum atomic E-state index is 5.30. The van der Waals surface area contributed by atoms with Crippen LogP contribution in [-0.4, -0.2) is 63.1 Å². The minimum atomic E-state index is 0.231. The fourth-order valence-electron chi connectivity index (χ4n) is 1.38. The molecule has 0 aliphatic carbocycles. The standard InChI is InChI=1S/C9H20N2S2.C6H14Si/c1-5-11(6-2)9(12)13-8-7-10(3)4;1-3-5-7-6-4-2/h5-8H2,1-4H3;3,5H,4,6-7H2,1-2H3. The second-order valence-electron chi connectivity index (χ2n) is 4.80. The number of rotatable bonds is 8. The van der Waals surface area contributed by atoms with Gasteiger partial charge in [-0.3, -0.25) is 0 Å². The fraction of sp³-hybridized carbons (Fsp3) is 0.800. The third kappa shape index (κ3) is 16.2. The van der Waals surface area contributed by atoms with Gasteiger partial charge in [-0.1, -0.05) is 49.4 Å². The van der Waals surface area contributed by atoms with E-state index < -0.39 is 0 Å². The summed E-state index contributed by atoms with van der Waals surface area (Å²) < 4.78 is 1.03. The van der Waals surface area contributed by atoms with Crippen LogP contribution in [0.4, 0.5) is 0 Å². The Morgan fingerprint density at radius 1 is 1.20 bits per heavy atom. The molecule has 0 N–H and O–H groups in total. The van der Waals surface area contributed by atoms with Crippen LogP contribution in [0.3, 0.4) is 0 Å². The average molecular weight is 335 g/mol. The van der Waals surface area contributed by atoms with Crippen LogP contribution < -0.4 is 0 Å². The lowest BCUT2D eigenvalue weighted by Crippen LogP contribution is -2.27. The van der Waals surface area contributed by atoms with Crippen LogP contribution in [0, 0.1) is 0 Å². The lowest BCUT2D eigenvalue weighted by Gasteiger charge is -2.21. The molecule has 0 rings (SSSR count). The summed E-state index contributed by atoms with van der Waals surface area (Å²) in [5.74, 6) is 1.09. The summed E-state index contributed by atoms with van der Waals surface area (Å²) in [7, 11) is 4.40. The Hall–Kier alpha value is 0.157. The van der Waals surface area contributed by atoms with Crippen molar-refractivity contribution < 1.29 is 0 Å². The van der Waals surface area contributed by atoms with Crippen molar-refractivity contribution in [2.24, 2.45) is 0 Å². The molecule has 0 aliphatic heterocycles. The monoisotopic (exact) mass is 334 g/mol. The van der Waals surface area contributed by atoms with E-state index in [0.29, 0.717) is 0 Å². The summed E-state index contributed by atoms with van der Waals surface area (Å²) in [6.45, 7) is 11.8. The van der Waals surface area contributed by atoms with E-state index in [4.69, 9.17) is 12.2 Å². The summed E-state index contributed by atoms with van der Waals surface area (Å²) in [5.41, 5.74) is 2.35. The molecule has 0 saturated carbocycles. The molecule has 120 valence electrons. The molecule has 0 unspecified atom stereocenters. The van der Waals surface area contributed by atoms with Crippen LogP contribution >= 0.6 is 24.0 Å². The van der Waals surface area contributed by atoms with Gasteiger partial charge in [0.2, 0.25) is 0 Å². The molecule has 0 heterocycles. The van der Waals surface area contributed by atoms with Gasteiger partial charge in [0.15, 0.2) is 0 Å². The van der Waals surface area contributed by atoms with Crippen LogP contribution in [0.15, 0.2) is 11.8 Å². The summed E-state index contributed by atoms with van der Waals surface area (Å²) in [4.78, 5) is 4.40. The Morgan fingerprint density at radius 3 is 2.20 bits per heavy atom. The van der Waals surface area contributed by atoms with Crippen LogP contribution in [-0.2, 0) is 0 Å². The molecule has 0 aromatic rings. The van der Waals surface area contributed by atoms with Crippen molar-refractivity contribution in [2.45, 2.75) is 40.2 Å². The lowest BCUT2D eigenvalue weighted by atomic mass is 10.6. The Morgan fingerprint density at radius 2 is 1.80 bits per heavy atom. The summed E-state index contributed by atoms with van der Waals surface area (Å²) in [6.07, 6.45) is 3.54. The molecule has 0 saturated heterocycles. The lowest BCUT2D eigenvalue weighted by molar-refractivity contribution is 0.437. The molecular weight excluding hydrogens is 300 g/mol. The van der Waals surface area contributed by atoms with E-state index in [2.05, 4.69) is 63.4 Å². The molecule has 0 spiro atoms. The van der Waals surface area contributed by atoms with E-state index in [9.17, 15) is 0 Å². The van der Waals surface area contributed by atoms with E-state index in [1.165, 1.54) is 12.5 Å². The second kappa shape index (κ2) is 17.2. The third-order valence-corrected chi connectivity index (χ3v) is 6.17. The first kappa shape index (κ1) is 22.4. The SMILES string of the molecule is CC=C[SiH2]CCC.CCN(CC)C(=S)SCCN(C)C. The minimum absolute atomic E-state index is 0.231. The molecule has 20 heavy (non-hydrogen) atoms. The second-order valence-corrected chi connectivity index (χ2v) is 8.29. The normalized spacial score (nSPS) is 11.2. The highest BCUT2D eigenvalue weighted by molar-refractivity contribution is 8.22. The number of thioether (sulfide) groups is 1. The molecule has 0 aliphatic rings. The Kier molecular flexibility index (Phi) is 19.3. The number of hydrogen-bond acceptors (Lipinski definition) is 3. The van der Waals surface area contributed by atoms with E-state index in [-0.39, 0.29) is 9.52 Å². The Balaban J connectivity index is 0. The molecule has 0 aromatic heterocycles. The predicted octanol–water partition coefficient (Wildman–Crippen LogP) is 3.43. The van der Waals surface area contributed by atoms with Gasteiger partial charge in [0.25, 0.3) is 0 Å². The predicted molar refractivity (Wildman–Crippen MR) is 105 cm³/mol. The van der Waals surface area contributed by atoms with Crippen molar-refractivity contribution in [3.63, 3.8) is 0 Å². The summed E-state index contributed by atoms with van der Waals surface area (Å²) in [5, 5.41) is 0. The van der Waals surface area contributed by atoms with Crippen LogP contribution in [0.25, 0.3) is 0 Å². The van der Waals surface area contributed by atoms with E-state index in [0.717, 1.165) is 29.7 Å². The van der Waals surface area contributed by atoms with Crippen LogP contribution in [0.1, 0.15) is 34.1 Å². The highest BCUT2D eigenvalue weighted by Gasteiger charge is 2.04. The van der Waals surface area contributed by atoms with Crippen molar-refractivity contribution >= 4 is 37.8 Å². The maximum Gasteiger partial charge on any atom is 0.136 e. The van der Waals surface area contributed by atoms with Crippen molar-refractivity contribution in [2.75, 3.05) is 39.5 Å². The van der Waals surface area contributed by atoms with E-state index in [1.807, 2.05) is 0 Å². The first-order chi connectivity index (χ1) is 9.53. The van der Waals surface area contributed by atoms with Gasteiger partial charge in [0.05, 0.1) is 0 Å². The van der Waals surface area contributed by atoms with E-state index in [1.54, 1.807) is 11.8 Å². The van der Waals surface area contributed by atoms with Gasteiger partial charge in [-0.2, -0.15) is 0 Å². The molecule has 0 amide bonds. The number of nitrogens with zero attached hydrogens (tertiary/aromatic N) is 2. The zero-order chi connectivity index (χ0) is 15.8. The number of hydrogen-bond donors (Lipinski definition) is 0. The van der Waals surface area contributed by atoms with E-state index >= 15 is 0 Å². The smallest absolute Gasteiger partial charge is 0.136 e. The van der Waals surface area contributed by atoms with Gasteiger partial charge in [0, 0.05) is 34.9 Å². The van der Waals surface area contributed by atoms with Crippen molar-refractivity contribution in [3.8, 4) is 0 Å². The molecule has 0 radical (unpaired) electrons. The maximum absolute atomic E-state index is 5.30. The van der Waals surface area contributed by atoms with Crippen molar-refractivity contribution in [1.29, 1.82) is 0 Å². The quantitative estimate of drug-likeness (QED) is 0.381. The van der Waals surface area contributed by atoms with Gasteiger partial charge in [0.1, 0.15) is 4.32 Å². The molecular formula is C15H34N2S2Si. The van der Waals surface area contributed by atoms with Crippen molar-refractivity contribution in [1.82, 2.24) is 9.80 Å². The zero-order valence-electron chi connectivity index (χ0n) is 14.3. The number of thiocarbonyl (C=S) groups is 1. The highest BCUT2D eigenvalue weighted by atomic mass is 32.2. The largest absolute Gasteiger partial charge is 0.358 e. The summed E-state index contributed by atoms with van der Waals surface area (Å²) >= 11 is 7.07. The Bertz CT molecular complexity index is 242. The average Bonchev–Trinajstić information content (AvgIpc) is 2.41. The molecule has 2 nitrogen and oxygen atoms in total. The van der Waals surface area contributed by atoms with Gasteiger partial charge in [-0.05, 0) is 34.9 Å². The first-order valence-electron chi connectivity index (χ1n) is 7.70. The Labute approximate surface area is 139 Å². The molecule has 5 heteroatoms. The minimum Gasteiger partial charge on any atom is -0.358 e. The summed E-state index contributed by atoms with van der Waals surface area (Å²) in [6, 6.07) is 1.48. The van der Waals surface area contributed by atoms with Gasteiger partial charge in [-0.15, -0.1) is 5.70 Å².